The van der Waals surface area contributed by atoms with Gasteiger partial charge in [0, 0.05) is 30.6 Å². The van der Waals surface area contributed by atoms with Gasteiger partial charge in [-0.1, -0.05) is 18.2 Å². The number of carbonyl (C=O) groups is 2. The highest BCUT2D eigenvalue weighted by atomic mass is 32.2. The third kappa shape index (κ3) is 2.86. The van der Waals surface area contributed by atoms with Crippen molar-refractivity contribution in [3.63, 3.8) is 0 Å². The number of benzene rings is 1. The van der Waals surface area contributed by atoms with Crippen LogP contribution >= 0.6 is 11.8 Å². The van der Waals surface area contributed by atoms with Crippen LogP contribution in [0.3, 0.4) is 0 Å². The monoisotopic (exact) mass is 380 g/mol. The fraction of sp³-hybridized carbons (Fsp3) is 0.421. The number of β-lactam (4-membered cyclic amide) rings is 1. The Hall–Kier alpha value is -2.22. The van der Waals surface area contributed by atoms with Crippen molar-refractivity contribution in [1.29, 1.82) is 0 Å². The molecule has 1 aromatic rings. The minimum Gasteiger partial charge on any atom is -0.369 e. The van der Waals surface area contributed by atoms with Crippen molar-refractivity contribution >= 4 is 43.1 Å². The molecule has 0 aliphatic carbocycles. The van der Waals surface area contributed by atoms with E-state index in [1.807, 2.05) is 37.3 Å². The van der Waals surface area contributed by atoms with Crippen LogP contribution in [-0.2, 0) is 9.59 Å². The van der Waals surface area contributed by atoms with Crippen molar-refractivity contribution in [2.75, 3.05) is 24.2 Å². The van der Waals surface area contributed by atoms with Gasteiger partial charge in [-0.3, -0.25) is 14.5 Å². The molecule has 3 heterocycles. The molecule has 4 rings (SSSR count). The molecule has 0 spiro atoms. The van der Waals surface area contributed by atoms with Crippen molar-refractivity contribution in [2.45, 2.75) is 30.6 Å². The number of likely N-dealkylation sites (N-methyl/N-ethyl adjacent to an activating group) is 1. The van der Waals surface area contributed by atoms with Crippen LogP contribution in [0.4, 0.5) is 5.69 Å². The molecule has 8 heteroatoms. The molecule has 1 saturated heterocycles. The third-order valence-corrected chi connectivity index (χ3v) is 6.93. The van der Waals surface area contributed by atoms with Crippen molar-refractivity contribution in [2.24, 2.45) is 10.7 Å². The van der Waals surface area contributed by atoms with E-state index in [1.54, 1.807) is 23.7 Å². The number of hydrogen-bond donors (Lipinski definition) is 1. The van der Waals surface area contributed by atoms with Crippen LogP contribution in [0.15, 0.2) is 40.2 Å². The molecule has 1 aromatic carbocycles. The Morgan fingerprint density at radius 3 is 2.52 bits per heavy atom. The molecule has 3 aliphatic heterocycles. The Morgan fingerprint density at radius 1 is 1.30 bits per heavy atom. The summed E-state index contributed by atoms with van der Waals surface area (Å²) in [7, 11) is 7.69. The van der Waals surface area contributed by atoms with Gasteiger partial charge in [-0.25, -0.2) is 4.99 Å². The number of thioether (sulfide) groups is 1. The Morgan fingerprint density at radius 2 is 2.00 bits per heavy atom. The summed E-state index contributed by atoms with van der Waals surface area (Å²) in [5.41, 5.74) is 6.95. The maximum absolute atomic E-state index is 13.2. The van der Waals surface area contributed by atoms with Crippen molar-refractivity contribution in [1.82, 2.24) is 4.90 Å². The SMILES string of the molecule is [B]C1C=C([C@@]2(C)N=C(N)N(C)C(=O)C2c2ccc(N3CCC3=O)cc2)SC1. The van der Waals surface area contributed by atoms with Crippen molar-refractivity contribution in [3.8, 4) is 0 Å². The molecule has 2 unspecified atom stereocenters. The first kappa shape index (κ1) is 18.2. The first-order chi connectivity index (χ1) is 12.8. The van der Waals surface area contributed by atoms with E-state index in [0.717, 1.165) is 28.5 Å². The maximum atomic E-state index is 13.2. The largest absolute Gasteiger partial charge is 0.369 e. The number of nitrogens with two attached hydrogens (primary N) is 1. The molecule has 138 valence electrons. The van der Waals surface area contributed by atoms with Gasteiger partial charge in [-0.2, -0.15) is 0 Å². The van der Waals surface area contributed by atoms with E-state index in [-0.39, 0.29) is 23.6 Å². The molecule has 0 bridgehead atoms. The van der Waals surface area contributed by atoms with E-state index >= 15 is 0 Å². The predicted octanol–water partition coefficient (Wildman–Crippen LogP) is 1.64. The van der Waals surface area contributed by atoms with Gasteiger partial charge in [0.15, 0.2) is 5.96 Å². The van der Waals surface area contributed by atoms with Crippen molar-refractivity contribution < 1.29 is 9.59 Å². The van der Waals surface area contributed by atoms with Crippen LogP contribution in [0.1, 0.15) is 24.8 Å². The second kappa shape index (κ2) is 6.44. The number of hydrogen-bond acceptors (Lipinski definition) is 5. The number of rotatable bonds is 3. The quantitative estimate of drug-likeness (QED) is 0.639. The van der Waals surface area contributed by atoms with E-state index < -0.39 is 11.5 Å². The zero-order valence-electron chi connectivity index (χ0n) is 15.4. The lowest BCUT2D eigenvalue weighted by atomic mass is 9.76. The molecule has 3 atom stereocenters. The van der Waals surface area contributed by atoms with E-state index in [9.17, 15) is 9.59 Å². The Labute approximate surface area is 164 Å². The molecular formula is C19H21BN4O2S. The zero-order valence-corrected chi connectivity index (χ0v) is 16.2. The Kier molecular flexibility index (Phi) is 4.33. The Bertz CT molecular complexity index is 869. The topological polar surface area (TPSA) is 79.0 Å². The minimum absolute atomic E-state index is 0.0477. The van der Waals surface area contributed by atoms with Gasteiger partial charge in [0.2, 0.25) is 11.8 Å². The number of aliphatic imine (C=N–C) groups is 1. The number of allylic oxidation sites excluding steroid dienone is 1. The van der Waals surface area contributed by atoms with Crippen LogP contribution < -0.4 is 10.6 Å². The third-order valence-electron chi connectivity index (χ3n) is 5.51. The van der Waals surface area contributed by atoms with E-state index in [0.29, 0.717) is 6.42 Å². The highest BCUT2D eigenvalue weighted by Gasteiger charge is 2.49. The summed E-state index contributed by atoms with van der Waals surface area (Å²) in [6.45, 7) is 2.68. The lowest BCUT2D eigenvalue weighted by Gasteiger charge is -2.41. The van der Waals surface area contributed by atoms with Gasteiger partial charge in [-0.15, -0.1) is 11.8 Å². The van der Waals surface area contributed by atoms with Gasteiger partial charge < -0.3 is 10.6 Å². The second-order valence-corrected chi connectivity index (χ2v) is 8.40. The second-order valence-electron chi connectivity index (χ2n) is 7.34. The van der Waals surface area contributed by atoms with Gasteiger partial charge in [0.25, 0.3) is 0 Å². The van der Waals surface area contributed by atoms with Gasteiger partial charge in [-0.05, 0) is 36.2 Å². The molecule has 0 saturated carbocycles. The summed E-state index contributed by atoms with van der Waals surface area (Å²) in [5, 5.41) is 0. The molecular weight excluding hydrogens is 359 g/mol. The van der Waals surface area contributed by atoms with Crippen molar-refractivity contribution in [3.05, 3.63) is 40.8 Å². The molecule has 6 nitrogen and oxygen atoms in total. The maximum Gasteiger partial charge on any atom is 0.239 e. The number of nitrogens with zero attached hydrogens (tertiary/aromatic N) is 3. The standard InChI is InChI=1S/C19H21BN4O2S/c1-19(14-9-12(20)10-27-14)16(17(26)23(2)18(21)22-19)11-3-5-13(6-4-11)24-8-7-15(24)25/h3-6,9,12,16H,7-8,10H2,1-2H3,(H2,21,22)/t12?,16?,19-/m1/s1. The first-order valence-corrected chi connectivity index (χ1v) is 9.93. The Balaban J connectivity index is 1.75. The van der Waals surface area contributed by atoms with Gasteiger partial charge >= 0.3 is 0 Å². The summed E-state index contributed by atoms with van der Waals surface area (Å²) < 4.78 is 0. The number of carbonyl (C=O) groups excluding carboxylic acids is 2. The summed E-state index contributed by atoms with van der Waals surface area (Å²) >= 11 is 1.63. The van der Waals surface area contributed by atoms with Gasteiger partial charge in [0.1, 0.15) is 5.54 Å². The zero-order chi connectivity index (χ0) is 19.3. The summed E-state index contributed by atoms with van der Waals surface area (Å²) in [6, 6.07) is 7.60. The number of guanidine groups is 1. The van der Waals surface area contributed by atoms with E-state index in [2.05, 4.69) is 0 Å². The average Bonchev–Trinajstić information content (AvgIpc) is 3.07. The lowest BCUT2D eigenvalue weighted by Crippen LogP contribution is -2.54. The lowest BCUT2D eigenvalue weighted by molar-refractivity contribution is -0.130. The molecule has 27 heavy (non-hydrogen) atoms. The van der Waals surface area contributed by atoms with Crippen LogP contribution in [0.5, 0.6) is 0 Å². The smallest absolute Gasteiger partial charge is 0.239 e. The normalized spacial score (nSPS) is 30.9. The highest BCUT2D eigenvalue weighted by Crippen LogP contribution is 2.49. The van der Waals surface area contributed by atoms with Crippen LogP contribution in [-0.4, -0.2) is 55.4 Å². The summed E-state index contributed by atoms with van der Waals surface area (Å²) in [6.07, 6.45) is 2.57. The molecule has 2 N–H and O–H groups in total. The minimum atomic E-state index is -0.791. The van der Waals surface area contributed by atoms with E-state index in [4.69, 9.17) is 18.6 Å². The molecule has 2 radical (unpaired) electrons. The van der Waals surface area contributed by atoms with Crippen LogP contribution in [0.2, 0.25) is 5.82 Å². The summed E-state index contributed by atoms with van der Waals surface area (Å²) in [5.74, 6) is 0.462. The molecule has 2 amide bonds. The molecule has 3 aliphatic rings. The molecule has 0 aromatic heterocycles. The molecule has 1 fully saturated rings. The highest BCUT2D eigenvalue weighted by molar-refractivity contribution is 8.03. The average molecular weight is 380 g/mol. The van der Waals surface area contributed by atoms with E-state index in [1.165, 1.54) is 4.90 Å². The van der Waals surface area contributed by atoms with Crippen LogP contribution in [0.25, 0.3) is 0 Å². The fourth-order valence-electron chi connectivity index (χ4n) is 3.82. The van der Waals surface area contributed by atoms with Gasteiger partial charge in [0.05, 0.1) is 13.8 Å². The van der Waals surface area contributed by atoms with Crippen LogP contribution in [0, 0.1) is 0 Å². The number of anilines is 1. The number of amides is 2. The predicted molar refractivity (Wildman–Crippen MR) is 109 cm³/mol. The summed E-state index contributed by atoms with van der Waals surface area (Å²) in [4.78, 5) is 33.7. The fourth-order valence-corrected chi connectivity index (χ4v) is 5.01. The first-order valence-electron chi connectivity index (χ1n) is 8.95.